The molecular weight excluding hydrogens is 439 g/mol. The average Bonchev–Trinajstić information content (AvgIpc) is 2.77. The third kappa shape index (κ3) is 5.49. The summed E-state index contributed by atoms with van der Waals surface area (Å²) in [6.07, 6.45) is -4.61. The van der Waals surface area contributed by atoms with Crippen LogP contribution in [0.25, 0.3) is 0 Å². The van der Waals surface area contributed by atoms with E-state index in [9.17, 15) is 31.2 Å². The maximum absolute atomic E-state index is 12.8. The number of carbonyl (C=O) groups excluding carboxylic acids is 2. The standard InChI is InChI=1S/C20H18F3NO6S/c21-20(22,23)16-5-1-3-14(11-16)18(25)13-30-19(26)15-4-2-6-17(12-15)31(27,28)24-7-9-29-10-8-24/h1-6,11-12H,7-10,13H2. The number of halogens is 3. The van der Waals surface area contributed by atoms with Gasteiger partial charge in [-0.2, -0.15) is 17.5 Å². The van der Waals surface area contributed by atoms with Gasteiger partial charge in [0.05, 0.1) is 29.2 Å². The van der Waals surface area contributed by atoms with E-state index in [1.54, 1.807) is 0 Å². The zero-order valence-corrected chi connectivity index (χ0v) is 16.9. The molecule has 0 atom stereocenters. The molecule has 1 aliphatic rings. The van der Waals surface area contributed by atoms with Crippen LogP contribution in [0.5, 0.6) is 0 Å². The largest absolute Gasteiger partial charge is 0.454 e. The van der Waals surface area contributed by atoms with Crippen molar-refractivity contribution in [3.8, 4) is 0 Å². The van der Waals surface area contributed by atoms with Gasteiger partial charge in [0.2, 0.25) is 10.0 Å². The molecule has 1 saturated heterocycles. The Morgan fingerprint density at radius 2 is 1.65 bits per heavy atom. The van der Waals surface area contributed by atoms with Gasteiger partial charge in [-0.15, -0.1) is 0 Å². The number of ether oxygens (including phenoxy) is 2. The first-order valence-corrected chi connectivity index (χ1v) is 10.6. The predicted molar refractivity (Wildman–Crippen MR) is 102 cm³/mol. The van der Waals surface area contributed by atoms with Gasteiger partial charge >= 0.3 is 12.1 Å². The molecule has 2 aromatic carbocycles. The number of alkyl halides is 3. The number of rotatable bonds is 6. The molecule has 0 aromatic heterocycles. The second kappa shape index (κ2) is 9.16. The second-order valence-electron chi connectivity index (χ2n) is 6.62. The fourth-order valence-electron chi connectivity index (χ4n) is 2.89. The molecule has 0 aliphatic carbocycles. The quantitative estimate of drug-likeness (QED) is 0.490. The highest BCUT2D eigenvalue weighted by molar-refractivity contribution is 7.89. The van der Waals surface area contributed by atoms with Crippen molar-refractivity contribution in [1.29, 1.82) is 0 Å². The van der Waals surface area contributed by atoms with Gasteiger partial charge in [-0.1, -0.05) is 18.2 Å². The topological polar surface area (TPSA) is 90.0 Å². The molecule has 7 nitrogen and oxygen atoms in total. The lowest BCUT2D eigenvalue weighted by Crippen LogP contribution is -2.40. The number of benzene rings is 2. The van der Waals surface area contributed by atoms with Crippen LogP contribution in [-0.2, 0) is 25.7 Å². The minimum atomic E-state index is -4.61. The number of hydrogen-bond acceptors (Lipinski definition) is 6. The molecule has 31 heavy (non-hydrogen) atoms. The molecule has 0 radical (unpaired) electrons. The van der Waals surface area contributed by atoms with E-state index in [1.165, 1.54) is 28.6 Å². The lowest BCUT2D eigenvalue weighted by Gasteiger charge is -2.26. The number of hydrogen-bond donors (Lipinski definition) is 0. The molecule has 0 bridgehead atoms. The van der Waals surface area contributed by atoms with Crippen LogP contribution < -0.4 is 0 Å². The van der Waals surface area contributed by atoms with E-state index in [1.807, 2.05) is 0 Å². The first-order chi connectivity index (χ1) is 14.6. The summed E-state index contributed by atoms with van der Waals surface area (Å²) in [6.45, 7) is 0.100. The van der Waals surface area contributed by atoms with Crippen molar-refractivity contribution in [2.75, 3.05) is 32.9 Å². The molecular formula is C20H18F3NO6S. The Bertz CT molecular complexity index is 1080. The molecule has 166 valence electrons. The highest BCUT2D eigenvalue weighted by atomic mass is 32.2. The SMILES string of the molecule is O=C(COC(=O)c1cccc(S(=O)(=O)N2CCOCC2)c1)c1cccc(C(F)(F)F)c1. The summed E-state index contributed by atoms with van der Waals surface area (Å²) in [5, 5.41) is 0. The van der Waals surface area contributed by atoms with E-state index in [0.29, 0.717) is 6.07 Å². The number of esters is 1. The van der Waals surface area contributed by atoms with Crippen molar-refractivity contribution in [3.05, 3.63) is 65.2 Å². The van der Waals surface area contributed by atoms with Crippen LogP contribution in [0.4, 0.5) is 13.2 Å². The van der Waals surface area contributed by atoms with E-state index in [2.05, 4.69) is 0 Å². The minimum absolute atomic E-state index is 0.105. The van der Waals surface area contributed by atoms with Crippen LogP contribution in [0.3, 0.4) is 0 Å². The smallest absolute Gasteiger partial charge is 0.416 e. The van der Waals surface area contributed by atoms with Gasteiger partial charge in [0.15, 0.2) is 12.4 Å². The van der Waals surface area contributed by atoms with Crippen molar-refractivity contribution in [1.82, 2.24) is 4.31 Å². The molecule has 0 unspecified atom stereocenters. The zero-order chi connectivity index (χ0) is 22.6. The van der Waals surface area contributed by atoms with Crippen molar-refractivity contribution in [2.24, 2.45) is 0 Å². The van der Waals surface area contributed by atoms with E-state index >= 15 is 0 Å². The van der Waals surface area contributed by atoms with Crippen LogP contribution in [0, 0.1) is 0 Å². The zero-order valence-electron chi connectivity index (χ0n) is 16.1. The van der Waals surface area contributed by atoms with Gasteiger partial charge < -0.3 is 9.47 Å². The molecule has 0 spiro atoms. The Kier molecular flexibility index (Phi) is 6.77. The molecule has 0 N–H and O–H groups in total. The summed E-state index contributed by atoms with van der Waals surface area (Å²) in [6, 6.07) is 8.89. The summed E-state index contributed by atoms with van der Waals surface area (Å²) in [7, 11) is -3.84. The van der Waals surface area contributed by atoms with Crippen LogP contribution in [0.1, 0.15) is 26.3 Å². The third-order valence-electron chi connectivity index (χ3n) is 4.52. The molecule has 1 heterocycles. The fraction of sp³-hybridized carbons (Fsp3) is 0.300. The number of ketones is 1. The molecule has 11 heteroatoms. The highest BCUT2D eigenvalue weighted by Gasteiger charge is 2.31. The van der Waals surface area contributed by atoms with Gasteiger partial charge in [-0.25, -0.2) is 13.2 Å². The number of carbonyl (C=O) groups is 2. The molecule has 0 amide bonds. The van der Waals surface area contributed by atoms with Crippen molar-refractivity contribution < 1.29 is 40.7 Å². The number of sulfonamides is 1. The van der Waals surface area contributed by atoms with E-state index in [4.69, 9.17) is 9.47 Å². The summed E-state index contributed by atoms with van der Waals surface area (Å²) in [5.41, 5.74) is -1.36. The van der Waals surface area contributed by atoms with Crippen molar-refractivity contribution in [3.63, 3.8) is 0 Å². The fourth-order valence-corrected chi connectivity index (χ4v) is 4.34. The molecule has 1 aliphatic heterocycles. The normalized spacial score (nSPS) is 15.5. The van der Waals surface area contributed by atoms with Gasteiger partial charge in [0.25, 0.3) is 0 Å². The summed E-state index contributed by atoms with van der Waals surface area (Å²) < 4.78 is 75.0. The van der Waals surface area contributed by atoms with Crippen LogP contribution in [-0.4, -0.2) is 57.4 Å². The van der Waals surface area contributed by atoms with Crippen LogP contribution in [0.2, 0.25) is 0 Å². The van der Waals surface area contributed by atoms with Gasteiger partial charge in [-0.05, 0) is 30.3 Å². The first kappa shape index (κ1) is 22.9. The van der Waals surface area contributed by atoms with Crippen LogP contribution >= 0.6 is 0 Å². The average molecular weight is 457 g/mol. The molecule has 2 aromatic rings. The Morgan fingerprint density at radius 1 is 1.00 bits per heavy atom. The molecule has 1 fully saturated rings. The minimum Gasteiger partial charge on any atom is -0.454 e. The molecule has 3 rings (SSSR count). The van der Waals surface area contributed by atoms with E-state index < -0.39 is 40.1 Å². The Hall–Kier alpha value is -2.76. The maximum atomic E-state index is 12.8. The second-order valence-corrected chi connectivity index (χ2v) is 8.56. The van der Waals surface area contributed by atoms with Crippen molar-refractivity contribution in [2.45, 2.75) is 11.1 Å². The van der Waals surface area contributed by atoms with Gasteiger partial charge in [-0.3, -0.25) is 4.79 Å². The van der Waals surface area contributed by atoms with Gasteiger partial charge in [0, 0.05) is 18.7 Å². The first-order valence-electron chi connectivity index (χ1n) is 9.14. The number of nitrogens with zero attached hydrogens (tertiary/aromatic N) is 1. The Balaban J connectivity index is 1.69. The monoisotopic (exact) mass is 457 g/mol. The van der Waals surface area contributed by atoms with Gasteiger partial charge in [0.1, 0.15) is 0 Å². The van der Waals surface area contributed by atoms with E-state index in [0.717, 1.165) is 18.2 Å². The number of morpholine rings is 1. The molecule has 0 saturated carbocycles. The summed E-state index contributed by atoms with van der Waals surface area (Å²) in [5.74, 6) is -1.80. The highest BCUT2D eigenvalue weighted by Crippen LogP contribution is 2.29. The van der Waals surface area contributed by atoms with E-state index in [-0.39, 0.29) is 42.3 Å². The van der Waals surface area contributed by atoms with Crippen molar-refractivity contribution >= 4 is 21.8 Å². The van der Waals surface area contributed by atoms with Crippen LogP contribution in [0.15, 0.2) is 53.4 Å². The lowest BCUT2D eigenvalue weighted by atomic mass is 10.1. The number of Topliss-reactive ketones (excluding diaryl/α,β-unsaturated/α-hetero) is 1. The Morgan fingerprint density at radius 3 is 2.32 bits per heavy atom. The Labute approximate surface area is 176 Å². The third-order valence-corrected chi connectivity index (χ3v) is 6.42. The predicted octanol–water partition coefficient (Wildman–Crippen LogP) is 2.77. The maximum Gasteiger partial charge on any atom is 0.416 e. The summed E-state index contributed by atoms with van der Waals surface area (Å²) >= 11 is 0. The lowest BCUT2D eigenvalue weighted by molar-refractivity contribution is -0.137. The summed E-state index contributed by atoms with van der Waals surface area (Å²) in [4.78, 5) is 24.3.